The zero-order valence-electron chi connectivity index (χ0n) is 10.9. The standard InChI is InChI=1S/C14H20BrNO/c1-5-9(2)8-13(17)16-14-11(4)6-10(3)7-12(14)15/h6-7,9H,5,8H2,1-4H3,(H,16,17). The second-order valence-electron chi connectivity index (χ2n) is 4.70. The highest BCUT2D eigenvalue weighted by molar-refractivity contribution is 9.10. The van der Waals surface area contributed by atoms with Crippen LogP contribution in [0.2, 0.25) is 0 Å². The molecule has 0 heterocycles. The minimum atomic E-state index is 0.0898. The fourth-order valence-electron chi connectivity index (χ4n) is 1.73. The second kappa shape index (κ2) is 6.20. The Bertz CT molecular complexity index is 392. The van der Waals surface area contributed by atoms with Gasteiger partial charge in [-0.1, -0.05) is 26.3 Å². The van der Waals surface area contributed by atoms with E-state index in [4.69, 9.17) is 0 Å². The predicted octanol–water partition coefficient (Wildman–Crippen LogP) is 4.44. The van der Waals surface area contributed by atoms with E-state index in [1.54, 1.807) is 0 Å². The van der Waals surface area contributed by atoms with Gasteiger partial charge < -0.3 is 5.32 Å². The van der Waals surface area contributed by atoms with E-state index in [-0.39, 0.29) is 5.91 Å². The normalized spacial score (nSPS) is 12.3. The van der Waals surface area contributed by atoms with Crippen LogP contribution in [-0.2, 0) is 4.79 Å². The molecule has 0 radical (unpaired) electrons. The predicted molar refractivity (Wildman–Crippen MR) is 76.3 cm³/mol. The quantitative estimate of drug-likeness (QED) is 0.874. The van der Waals surface area contributed by atoms with E-state index < -0.39 is 0 Å². The van der Waals surface area contributed by atoms with Gasteiger partial charge in [0.25, 0.3) is 0 Å². The Morgan fingerprint density at radius 1 is 1.41 bits per heavy atom. The van der Waals surface area contributed by atoms with Gasteiger partial charge in [0.1, 0.15) is 0 Å². The van der Waals surface area contributed by atoms with Gasteiger partial charge in [-0.2, -0.15) is 0 Å². The van der Waals surface area contributed by atoms with Crippen LogP contribution in [0, 0.1) is 19.8 Å². The highest BCUT2D eigenvalue weighted by Crippen LogP contribution is 2.28. The smallest absolute Gasteiger partial charge is 0.224 e. The van der Waals surface area contributed by atoms with E-state index in [9.17, 15) is 4.79 Å². The van der Waals surface area contributed by atoms with Gasteiger partial charge in [0.2, 0.25) is 5.91 Å². The molecule has 1 amide bonds. The molecule has 0 bridgehead atoms. The monoisotopic (exact) mass is 297 g/mol. The third kappa shape index (κ3) is 4.15. The van der Waals surface area contributed by atoms with Crippen LogP contribution in [0.5, 0.6) is 0 Å². The molecule has 1 N–H and O–H groups in total. The molecule has 17 heavy (non-hydrogen) atoms. The molecule has 0 spiro atoms. The van der Waals surface area contributed by atoms with Gasteiger partial charge in [-0.25, -0.2) is 0 Å². The fraction of sp³-hybridized carbons (Fsp3) is 0.500. The van der Waals surface area contributed by atoms with Crippen LogP contribution in [0.4, 0.5) is 5.69 Å². The molecule has 0 aromatic heterocycles. The molecule has 2 nitrogen and oxygen atoms in total. The van der Waals surface area contributed by atoms with Crippen LogP contribution >= 0.6 is 15.9 Å². The van der Waals surface area contributed by atoms with Crippen molar-refractivity contribution in [1.82, 2.24) is 0 Å². The average molecular weight is 298 g/mol. The highest BCUT2D eigenvalue weighted by Gasteiger charge is 2.11. The number of hydrogen-bond acceptors (Lipinski definition) is 1. The van der Waals surface area contributed by atoms with Crippen LogP contribution in [0.3, 0.4) is 0 Å². The summed E-state index contributed by atoms with van der Waals surface area (Å²) in [5, 5.41) is 2.99. The van der Waals surface area contributed by atoms with Crippen LogP contribution in [0.1, 0.15) is 37.8 Å². The first kappa shape index (κ1) is 14.2. The SMILES string of the molecule is CCC(C)CC(=O)Nc1c(C)cc(C)cc1Br. The van der Waals surface area contributed by atoms with Gasteiger partial charge in [0, 0.05) is 10.9 Å². The molecule has 94 valence electrons. The molecule has 0 fully saturated rings. The Hall–Kier alpha value is -0.830. The Morgan fingerprint density at radius 3 is 2.59 bits per heavy atom. The fourth-order valence-corrected chi connectivity index (χ4v) is 2.50. The average Bonchev–Trinajstić information content (AvgIpc) is 2.23. The highest BCUT2D eigenvalue weighted by atomic mass is 79.9. The number of benzene rings is 1. The van der Waals surface area contributed by atoms with E-state index in [0.29, 0.717) is 12.3 Å². The maximum absolute atomic E-state index is 11.8. The summed E-state index contributed by atoms with van der Waals surface area (Å²) < 4.78 is 0.951. The molecular weight excluding hydrogens is 278 g/mol. The largest absolute Gasteiger partial charge is 0.325 e. The molecule has 0 aliphatic rings. The summed E-state index contributed by atoms with van der Waals surface area (Å²) in [5.41, 5.74) is 3.17. The van der Waals surface area contributed by atoms with Crippen molar-refractivity contribution in [3.05, 3.63) is 27.7 Å². The molecule has 0 saturated heterocycles. The number of carbonyl (C=O) groups excluding carboxylic acids is 1. The lowest BCUT2D eigenvalue weighted by atomic mass is 10.0. The van der Waals surface area contributed by atoms with Crippen LogP contribution in [0.25, 0.3) is 0 Å². The first-order chi connectivity index (χ1) is 7.93. The number of rotatable bonds is 4. The van der Waals surface area contributed by atoms with Crippen molar-refractivity contribution in [2.75, 3.05) is 5.32 Å². The van der Waals surface area contributed by atoms with Gasteiger partial charge in [0.05, 0.1) is 5.69 Å². The van der Waals surface area contributed by atoms with Crippen molar-refractivity contribution < 1.29 is 4.79 Å². The third-order valence-electron chi connectivity index (χ3n) is 2.93. The summed E-state index contributed by atoms with van der Waals surface area (Å²) in [5.74, 6) is 0.520. The van der Waals surface area contributed by atoms with Gasteiger partial charge in [-0.05, 0) is 52.9 Å². The maximum Gasteiger partial charge on any atom is 0.224 e. The third-order valence-corrected chi connectivity index (χ3v) is 3.55. The number of amides is 1. The van der Waals surface area contributed by atoms with Crippen LogP contribution in [-0.4, -0.2) is 5.91 Å². The summed E-state index contributed by atoms with van der Waals surface area (Å²) in [4.78, 5) is 11.8. The van der Waals surface area contributed by atoms with Gasteiger partial charge in [0.15, 0.2) is 0 Å². The Kier molecular flexibility index (Phi) is 5.19. The lowest BCUT2D eigenvalue weighted by Crippen LogP contribution is -2.16. The summed E-state index contributed by atoms with van der Waals surface area (Å²) in [6.45, 7) is 8.25. The van der Waals surface area contributed by atoms with Crippen LogP contribution in [0.15, 0.2) is 16.6 Å². The maximum atomic E-state index is 11.8. The Labute approximate surface area is 112 Å². The lowest BCUT2D eigenvalue weighted by molar-refractivity contribution is -0.117. The molecule has 1 atom stereocenters. The number of halogens is 1. The molecule has 1 rings (SSSR count). The molecule has 1 unspecified atom stereocenters. The van der Waals surface area contributed by atoms with Crippen molar-refractivity contribution in [1.29, 1.82) is 0 Å². The molecule has 0 aliphatic carbocycles. The topological polar surface area (TPSA) is 29.1 Å². The Balaban J connectivity index is 2.78. The van der Waals surface area contributed by atoms with Crippen molar-refractivity contribution in [3.8, 4) is 0 Å². The molecule has 1 aromatic rings. The zero-order valence-corrected chi connectivity index (χ0v) is 12.5. The van der Waals surface area contributed by atoms with Gasteiger partial charge >= 0.3 is 0 Å². The summed E-state index contributed by atoms with van der Waals surface area (Å²) >= 11 is 3.49. The van der Waals surface area contributed by atoms with Gasteiger partial charge in [-0.15, -0.1) is 0 Å². The molecule has 3 heteroatoms. The number of carbonyl (C=O) groups is 1. The van der Waals surface area contributed by atoms with Crippen molar-refractivity contribution >= 4 is 27.5 Å². The van der Waals surface area contributed by atoms with E-state index in [1.807, 2.05) is 19.9 Å². The van der Waals surface area contributed by atoms with E-state index >= 15 is 0 Å². The molecule has 1 aromatic carbocycles. The lowest BCUT2D eigenvalue weighted by Gasteiger charge is -2.13. The summed E-state index contributed by atoms with van der Waals surface area (Å²) in [6, 6.07) is 4.09. The Morgan fingerprint density at radius 2 is 2.06 bits per heavy atom. The van der Waals surface area contributed by atoms with E-state index in [0.717, 1.165) is 22.1 Å². The van der Waals surface area contributed by atoms with Crippen molar-refractivity contribution in [3.63, 3.8) is 0 Å². The molecule has 0 aliphatic heterocycles. The number of anilines is 1. The van der Waals surface area contributed by atoms with E-state index in [2.05, 4.69) is 41.2 Å². The second-order valence-corrected chi connectivity index (χ2v) is 5.56. The molecular formula is C14H20BrNO. The van der Waals surface area contributed by atoms with Crippen molar-refractivity contribution in [2.24, 2.45) is 5.92 Å². The van der Waals surface area contributed by atoms with E-state index in [1.165, 1.54) is 5.56 Å². The van der Waals surface area contributed by atoms with Crippen molar-refractivity contribution in [2.45, 2.75) is 40.5 Å². The summed E-state index contributed by atoms with van der Waals surface area (Å²) in [6.07, 6.45) is 1.61. The minimum Gasteiger partial charge on any atom is -0.325 e. The number of nitrogens with one attached hydrogen (secondary N) is 1. The first-order valence-corrected chi connectivity index (χ1v) is 6.80. The van der Waals surface area contributed by atoms with Crippen LogP contribution < -0.4 is 5.32 Å². The zero-order chi connectivity index (χ0) is 13.0. The number of hydrogen-bond donors (Lipinski definition) is 1. The number of aryl methyl sites for hydroxylation is 2. The molecule has 0 saturated carbocycles. The first-order valence-electron chi connectivity index (χ1n) is 6.00. The summed E-state index contributed by atoms with van der Waals surface area (Å²) in [7, 11) is 0. The minimum absolute atomic E-state index is 0.0898. The van der Waals surface area contributed by atoms with Gasteiger partial charge in [-0.3, -0.25) is 4.79 Å².